The standard InChI is InChI=1S/C16H15N3/c1-3-7-13(8-4-1)11-12-15-17-16(19-18-15)14-9-5-2-6-10-14/h1-10H,11-12H2,(H,17,18,19). The van der Waals surface area contributed by atoms with Gasteiger partial charge in [0.1, 0.15) is 5.82 Å². The van der Waals surface area contributed by atoms with Gasteiger partial charge in [-0.2, -0.15) is 5.10 Å². The lowest BCUT2D eigenvalue weighted by atomic mass is 10.1. The molecule has 0 spiro atoms. The van der Waals surface area contributed by atoms with Crippen LogP contribution in [0.5, 0.6) is 0 Å². The maximum Gasteiger partial charge on any atom is 0.181 e. The van der Waals surface area contributed by atoms with Gasteiger partial charge in [0.15, 0.2) is 5.82 Å². The molecule has 3 aromatic rings. The highest BCUT2D eigenvalue weighted by Gasteiger charge is 2.05. The van der Waals surface area contributed by atoms with Gasteiger partial charge in [-0.3, -0.25) is 5.10 Å². The van der Waals surface area contributed by atoms with Crippen molar-refractivity contribution in [1.82, 2.24) is 15.2 Å². The lowest BCUT2D eigenvalue weighted by molar-refractivity contribution is 0.865. The quantitative estimate of drug-likeness (QED) is 0.771. The first-order valence-electron chi connectivity index (χ1n) is 6.42. The summed E-state index contributed by atoms with van der Waals surface area (Å²) in [5.74, 6) is 1.70. The zero-order chi connectivity index (χ0) is 12.9. The second-order valence-electron chi connectivity index (χ2n) is 4.46. The summed E-state index contributed by atoms with van der Waals surface area (Å²) in [4.78, 5) is 4.53. The summed E-state index contributed by atoms with van der Waals surface area (Å²) >= 11 is 0. The van der Waals surface area contributed by atoms with Crippen molar-refractivity contribution in [2.45, 2.75) is 12.8 Å². The van der Waals surface area contributed by atoms with Gasteiger partial charge in [0.05, 0.1) is 0 Å². The number of hydrogen-bond acceptors (Lipinski definition) is 2. The predicted molar refractivity (Wildman–Crippen MR) is 75.7 cm³/mol. The van der Waals surface area contributed by atoms with E-state index in [0.29, 0.717) is 0 Å². The number of aromatic nitrogens is 3. The van der Waals surface area contributed by atoms with Crippen molar-refractivity contribution in [2.75, 3.05) is 0 Å². The molecular formula is C16H15N3. The van der Waals surface area contributed by atoms with E-state index in [1.165, 1.54) is 5.56 Å². The number of nitrogens with zero attached hydrogens (tertiary/aromatic N) is 2. The molecule has 1 heterocycles. The van der Waals surface area contributed by atoms with Gasteiger partial charge in [-0.25, -0.2) is 4.98 Å². The predicted octanol–water partition coefficient (Wildman–Crippen LogP) is 3.26. The molecule has 0 saturated heterocycles. The Hall–Kier alpha value is -2.42. The van der Waals surface area contributed by atoms with Crippen molar-refractivity contribution in [3.8, 4) is 11.4 Å². The van der Waals surface area contributed by atoms with E-state index in [-0.39, 0.29) is 0 Å². The molecule has 0 atom stereocenters. The Morgan fingerprint density at radius 1 is 0.789 bits per heavy atom. The van der Waals surface area contributed by atoms with Gasteiger partial charge >= 0.3 is 0 Å². The van der Waals surface area contributed by atoms with Crippen LogP contribution in [0.3, 0.4) is 0 Å². The fourth-order valence-electron chi connectivity index (χ4n) is 2.03. The lowest BCUT2D eigenvalue weighted by Gasteiger charge is -1.97. The smallest absolute Gasteiger partial charge is 0.181 e. The van der Waals surface area contributed by atoms with Crippen molar-refractivity contribution in [3.05, 3.63) is 72.1 Å². The number of H-pyrrole nitrogens is 1. The minimum Gasteiger partial charge on any atom is -0.263 e. The van der Waals surface area contributed by atoms with Crippen molar-refractivity contribution in [3.63, 3.8) is 0 Å². The average Bonchev–Trinajstić information content (AvgIpc) is 2.96. The molecule has 2 aromatic carbocycles. The summed E-state index contributed by atoms with van der Waals surface area (Å²) in [6, 6.07) is 20.4. The maximum atomic E-state index is 4.53. The first-order valence-corrected chi connectivity index (χ1v) is 6.42. The normalized spacial score (nSPS) is 10.5. The summed E-state index contributed by atoms with van der Waals surface area (Å²) in [7, 11) is 0. The zero-order valence-electron chi connectivity index (χ0n) is 10.6. The number of nitrogens with one attached hydrogen (secondary N) is 1. The van der Waals surface area contributed by atoms with Crippen molar-refractivity contribution >= 4 is 0 Å². The number of benzene rings is 2. The molecule has 0 fully saturated rings. The third-order valence-electron chi connectivity index (χ3n) is 3.06. The highest BCUT2D eigenvalue weighted by molar-refractivity contribution is 5.53. The second kappa shape index (κ2) is 5.48. The van der Waals surface area contributed by atoms with E-state index in [9.17, 15) is 0 Å². The molecule has 1 N–H and O–H groups in total. The van der Waals surface area contributed by atoms with Crippen LogP contribution in [-0.2, 0) is 12.8 Å². The van der Waals surface area contributed by atoms with E-state index in [0.717, 1.165) is 30.1 Å². The van der Waals surface area contributed by atoms with Crippen molar-refractivity contribution in [2.24, 2.45) is 0 Å². The average molecular weight is 249 g/mol. The maximum absolute atomic E-state index is 4.53. The third-order valence-corrected chi connectivity index (χ3v) is 3.06. The number of rotatable bonds is 4. The molecule has 0 aliphatic carbocycles. The number of aromatic amines is 1. The van der Waals surface area contributed by atoms with Crippen LogP contribution in [-0.4, -0.2) is 15.2 Å². The van der Waals surface area contributed by atoms with Crippen LogP contribution in [0.1, 0.15) is 11.4 Å². The number of hydrogen-bond donors (Lipinski definition) is 1. The SMILES string of the molecule is c1ccc(CCc2nc(-c3ccccc3)n[nH]2)cc1. The van der Waals surface area contributed by atoms with E-state index in [1.54, 1.807) is 0 Å². The summed E-state index contributed by atoms with van der Waals surface area (Å²) in [6.07, 6.45) is 1.86. The number of aryl methyl sites for hydroxylation is 2. The van der Waals surface area contributed by atoms with Gasteiger partial charge in [-0.05, 0) is 12.0 Å². The van der Waals surface area contributed by atoms with Gasteiger partial charge in [-0.15, -0.1) is 0 Å². The Labute approximate surface area is 112 Å². The van der Waals surface area contributed by atoms with Crippen LogP contribution in [0, 0.1) is 0 Å². The van der Waals surface area contributed by atoms with Gasteiger partial charge in [0.2, 0.25) is 0 Å². The molecule has 0 saturated carbocycles. The molecule has 3 nitrogen and oxygen atoms in total. The minimum atomic E-state index is 0.767. The molecule has 1 aromatic heterocycles. The first-order chi connectivity index (χ1) is 9.42. The van der Waals surface area contributed by atoms with Crippen LogP contribution >= 0.6 is 0 Å². The van der Waals surface area contributed by atoms with Crippen molar-refractivity contribution < 1.29 is 0 Å². The Kier molecular flexibility index (Phi) is 3.36. The van der Waals surface area contributed by atoms with Crippen LogP contribution in [0.25, 0.3) is 11.4 Å². The third kappa shape index (κ3) is 2.88. The zero-order valence-corrected chi connectivity index (χ0v) is 10.6. The van der Waals surface area contributed by atoms with E-state index >= 15 is 0 Å². The second-order valence-corrected chi connectivity index (χ2v) is 4.46. The van der Waals surface area contributed by atoms with Gasteiger partial charge in [0, 0.05) is 12.0 Å². The van der Waals surface area contributed by atoms with E-state index in [2.05, 4.69) is 39.4 Å². The molecule has 0 aliphatic rings. The molecule has 94 valence electrons. The molecule has 0 aliphatic heterocycles. The molecule has 19 heavy (non-hydrogen) atoms. The summed E-state index contributed by atoms with van der Waals surface area (Å²) < 4.78 is 0. The van der Waals surface area contributed by atoms with Gasteiger partial charge in [-0.1, -0.05) is 60.7 Å². The molecular weight excluding hydrogens is 234 g/mol. The van der Waals surface area contributed by atoms with E-state index in [1.807, 2.05) is 36.4 Å². The molecule has 0 unspecified atom stereocenters. The van der Waals surface area contributed by atoms with Crippen LogP contribution in [0.2, 0.25) is 0 Å². The van der Waals surface area contributed by atoms with Gasteiger partial charge in [0.25, 0.3) is 0 Å². The fraction of sp³-hybridized carbons (Fsp3) is 0.125. The van der Waals surface area contributed by atoms with Crippen LogP contribution in [0.4, 0.5) is 0 Å². The topological polar surface area (TPSA) is 41.6 Å². The molecule has 3 rings (SSSR count). The van der Waals surface area contributed by atoms with E-state index < -0.39 is 0 Å². The lowest BCUT2D eigenvalue weighted by Crippen LogP contribution is -1.93. The van der Waals surface area contributed by atoms with Gasteiger partial charge < -0.3 is 0 Å². The summed E-state index contributed by atoms with van der Waals surface area (Å²) in [5, 5.41) is 7.28. The monoisotopic (exact) mass is 249 g/mol. The highest BCUT2D eigenvalue weighted by atomic mass is 15.2. The Bertz CT molecular complexity index is 629. The Morgan fingerprint density at radius 3 is 2.21 bits per heavy atom. The van der Waals surface area contributed by atoms with Crippen molar-refractivity contribution in [1.29, 1.82) is 0 Å². The largest absolute Gasteiger partial charge is 0.263 e. The fourth-order valence-corrected chi connectivity index (χ4v) is 2.03. The Morgan fingerprint density at radius 2 is 1.47 bits per heavy atom. The summed E-state index contributed by atoms with van der Waals surface area (Å²) in [5.41, 5.74) is 2.37. The molecule has 3 heteroatoms. The van der Waals surface area contributed by atoms with Crippen LogP contribution in [0.15, 0.2) is 60.7 Å². The minimum absolute atomic E-state index is 0.767. The molecule has 0 radical (unpaired) electrons. The van der Waals surface area contributed by atoms with E-state index in [4.69, 9.17) is 0 Å². The Balaban J connectivity index is 1.69. The summed E-state index contributed by atoms with van der Waals surface area (Å²) in [6.45, 7) is 0. The van der Waals surface area contributed by atoms with Crippen LogP contribution < -0.4 is 0 Å². The first kappa shape index (κ1) is 11.7. The molecule has 0 bridgehead atoms. The molecule has 0 amide bonds. The highest BCUT2D eigenvalue weighted by Crippen LogP contribution is 2.14.